The Morgan fingerprint density at radius 3 is 2.48 bits per heavy atom. The second-order valence-corrected chi connectivity index (χ2v) is 7.95. The summed E-state index contributed by atoms with van der Waals surface area (Å²) in [4.78, 5) is 0. The molecule has 2 saturated carbocycles. The van der Waals surface area contributed by atoms with E-state index in [4.69, 9.17) is 9.47 Å². The molecular formula is C15H24O6. The summed E-state index contributed by atoms with van der Waals surface area (Å²) in [5.74, 6) is -1.82. The van der Waals surface area contributed by atoms with Gasteiger partial charge in [0.15, 0.2) is 12.1 Å². The first kappa shape index (κ1) is 14.4. The SMILES string of the molecule is C[C@@H]1CC[C@@]2(O)[C@@]13C[C@@]1(O)O[C@H](OC[C@]2(C)[C@@]1(C)O)[C@@H]3O. The summed E-state index contributed by atoms with van der Waals surface area (Å²) in [6.07, 6.45) is -0.808. The summed E-state index contributed by atoms with van der Waals surface area (Å²) in [7, 11) is 0. The summed E-state index contributed by atoms with van der Waals surface area (Å²) < 4.78 is 11.2. The smallest absolute Gasteiger partial charge is 0.199 e. The zero-order valence-corrected chi connectivity index (χ0v) is 12.7. The van der Waals surface area contributed by atoms with Crippen LogP contribution in [0.1, 0.15) is 40.0 Å². The molecule has 5 fully saturated rings. The van der Waals surface area contributed by atoms with Gasteiger partial charge in [-0.1, -0.05) is 13.8 Å². The van der Waals surface area contributed by atoms with Crippen LogP contribution in [0.3, 0.4) is 0 Å². The van der Waals surface area contributed by atoms with Crippen molar-refractivity contribution < 1.29 is 29.9 Å². The highest BCUT2D eigenvalue weighted by Crippen LogP contribution is 2.74. The van der Waals surface area contributed by atoms with Gasteiger partial charge in [0.1, 0.15) is 11.7 Å². The highest BCUT2D eigenvalue weighted by atomic mass is 16.8. The largest absolute Gasteiger partial charge is 0.388 e. The van der Waals surface area contributed by atoms with Crippen LogP contribution in [0.25, 0.3) is 0 Å². The zero-order valence-electron chi connectivity index (χ0n) is 12.7. The number of hydrogen-bond donors (Lipinski definition) is 4. The normalized spacial score (nSPS) is 69.0. The van der Waals surface area contributed by atoms with Crippen LogP contribution in [0.5, 0.6) is 0 Å². The van der Waals surface area contributed by atoms with Crippen molar-refractivity contribution in [3.8, 4) is 0 Å². The first-order chi connectivity index (χ1) is 9.56. The van der Waals surface area contributed by atoms with Gasteiger partial charge in [-0.05, 0) is 25.7 Å². The van der Waals surface area contributed by atoms with E-state index in [1.165, 1.54) is 6.92 Å². The molecule has 6 nitrogen and oxygen atoms in total. The second-order valence-electron chi connectivity index (χ2n) is 7.95. The fraction of sp³-hybridized carbons (Fsp3) is 1.00. The van der Waals surface area contributed by atoms with Crippen molar-refractivity contribution in [2.45, 2.75) is 69.4 Å². The van der Waals surface area contributed by atoms with Crippen molar-refractivity contribution in [1.29, 1.82) is 0 Å². The van der Waals surface area contributed by atoms with Gasteiger partial charge in [0.05, 0.1) is 17.6 Å². The number of hydrogen-bond acceptors (Lipinski definition) is 6. The third kappa shape index (κ3) is 1.12. The molecule has 3 heterocycles. The van der Waals surface area contributed by atoms with E-state index in [1.54, 1.807) is 6.92 Å². The van der Waals surface area contributed by atoms with Crippen LogP contribution in [0, 0.1) is 16.7 Å². The van der Waals surface area contributed by atoms with Crippen LogP contribution in [0.15, 0.2) is 0 Å². The molecule has 0 amide bonds. The molecule has 2 aliphatic carbocycles. The Labute approximate surface area is 123 Å². The summed E-state index contributed by atoms with van der Waals surface area (Å²) in [5.41, 5.74) is -5.01. The molecule has 6 heteroatoms. The maximum Gasteiger partial charge on any atom is 0.199 e. The fourth-order valence-corrected chi connectivity index (χ4v) is 5.77. The third-order valence-corrected chi connectivity index (χ3v) is 7.50. The molecule has 3 aliphatic heterocycles. The van der Waals surface area contributed by atoms with Gasteiger partial charge < -0.3 is 29.9 Å². The van der Waals surface area contributed by atoms with Crippen molar-refractivity contribution in [3.05, 3.63) is 0 Å². The molecule has 120 valence electrons. The van der Waals surface area contributed by atoms with Gasteiger partial charge in [-0.15, -0.1) is 0 Å². The van der Waals surface area contributed by atoms with Crippen molar-refractivity contribution in [2.75, 3.05) is 6.61 Å². The monoisotopic (exact) mass is 300 g/mol. The summed E-state index contributed by atoms with van der Waals surface area (Å²) in [5, 5.41) is 44.5. The van der Waals surface area contributed by atoms with Crippen LogP contribution < -0.4 is 0 Å². The van der Waals surface area contributed by atoms with Crippen molar-refractivity contribution in [1.82, 2.24) is 0 Å². The van der Waals surface area contributed by atoms with E-state index in [2.05, 4.69) is 0 Å². The molecule has 0 aromatic carbocycles. The highest BCUT2D eigenvalue weighted by molar-refractivity contribution is 5.30. The lowest BCUT2D eigenvalue weighted by Crippen LogP contribution is -2.82. The molecule has 0 radical (unpaired) electrons. The Morgan fingerprint density at radius 1 is 1.14 bits per heavy atom. The molecule has 5 aliphatic rings. The Bertz CT molecular complexity index is 506. The maximum atomic E-state index is 11.6. The van der Waals surface area contributed by atoms with Gasteiger partial charge in [0.2, 0.25) is 0 Å². The van der Waals surface area contributed by atoms with Gasteiger partial charge in [0.25, 0.3) is 0 Å². The molecule has 0 unspecified atom stereocenters. The Balaban J connectivity index is 2.05. The van der Waals surface area contributed by atoms with Gasteiger partial charge in [-0.3, -0.25) is 0 Å². The molecule has 8 atom stereocenters. The average Bonchev–Trinajstić information content (AvgIpc) is 2.61. The van der Waals surface area contributed by atoms with Crippen molar-refractivity contribution in [2.24, 2.45) is 16.7 Å². The Hall–Kier alpha value is -0.240. The molecule has 1 spiro atoms. The number of rotatable bonds is 0. The van der Waals surface area contributed by atoms with E-state index >= 15 is 0 Å². The maximum absolute atomic E-state index is 11.6. The minimum Gasteiger partial charge on any atom is -0.388 e. The van der Waals surface area contributed by atoms with Crippen LogP contribution in [0.4, 0.5) is 0 Å². The van der Waals surface area contributed by atoms with E-state index < -0.39 is 40.2 Å². The van der Waals surface area contributed by atoms with Crippen LogP contribution in [0.2, 0.25) is 0 Å². The van der Waals surface area contributed by atoms with Gasteiger partial charge in [-0.2, -0.15) is 0 Å². The molecule has 4 N–H and O–H groups in total. The van der Waals surface area contributed by atoms with E-state index in [9.17, 15) is 20.4 Å². The topological polar surface area (TPSA) is 99.4 Å². The van der Waals surface area contributed by atoms with E-state index in [0.29, 0.717) is 6.42 Å². The van der Waals surface area contributed by atoms with Gasteiger partial charge in [-0.25, -0.2) is 0 Å². The summed E-state index contributed by atoms with van der Waals surface area (Å²) in [6, 6.07) is 0. The lowest BCUT2D eigenvalue weighted by Gasteiger charge is -2.68. The van der Waals surface area contributed by atoms with Crippen LogP contribution >= 0.6 is 0 Å². The Kier molecular flexibility index (Phi) is 2.37. The second kappa shape index (κ2) is 3.47. The first-order valence-electron chi connectivity index (χ1n) is 7.70. The highest BCUT2D eigenvalue weighted by Gasteiger charge is 2.85. The molecule has 3 saturated heterocycles. The van der Waals surface area contributed by atoms with Gasteiger partial charge >= 0.3 is 0 Å². The van der Waals surface area contributed by atoms with Crippen molar-refractivity contribution in [3.63, 3.8) is 0 Å². The standard InChI is InChI=1S/C15H24O6/c1-8-4-5-14(18)11(2)7-20-10-9(16)13(8,14)6-15(19,21-10)12(11,3)17/h8-10,16-19H,4-7H2,1-3H3/t8-,9+,10+,11-,12-,13+,14+,15-/m1/s1. The van der Waals surface area contributed by atoms with E-state index in [-0.39, 0.29) is 18.9 Å². The molecular weight excluding hydrogens is 276 g/mol. The Morgan fingerprint density at radius 2 is 1.81 bits per heavy atom. The predicted molar refractivity (Wildman–Crippen MR) is 70.9 cm³/mol. The van der Waals surface area contributed by atoms with Crippen molar-refractivity contribution >= 4 is 0 Å². The molecule has 21 heavy (non-hydrogen) atoms. The number of aliphatic hydroxyl groups is 4. The summed E-state index contributed by atoms with van der Waals surface area (Å²) in [6.45, 7) is 5.25. The quantitative estimate of drug-likeness (QED) is 0.491. The number of ether oxygens (including phenoxy) is 2. The first-order valence-corrected chi connectivity index (χ1v) is 7.70. The summed E-state index contributed by atoms with van der Waals surface area (Å²) >= 11 is 0. The molecule has 4 bridgehead atoms. The van der Waals surface area contributed by atoms with Crippen LogP contribution in [-0.2, 0) is 9.47 Å². The van der Waals surface area contributed by atoms with E-state index in [1.807, 2.05) is 6.92 Å². The van der Waals surface area contributed by atoms with Gasteiger partial charge in [0, 0.05) is 11.8 Å². The lowest BCUT2D eigenvalue weighted by atomic mass is 9.43. The lowest BCUT2D eigenvalue weighted by molar-refractivity contribution is -0.448. The zero-order chi connectivity index (χ0) is 15.5. The predicted octanol–water partition coefficient (Wildman–Crippen LogP) is -0.269. The minimum atomic E-state index is -1.83. The number of aliphatic hydroxyl groups excluding tert-OH is 1. The van der Waals surface area contributed by atoms with Crippen LogP contribution in [-0.4, -0.2) is 56.4 Å². The fourth-order valence-electron chi connectivity index (χ4n) is 5.77. The average molecular weight is 300 g/mol. The molecule has 0 aromatic rings. The van der Waals surface area contributed by atoms with E-state index in [0.717, 1.165) is 6.42 Å². The molecule has 5 rings (SSSR count). The number of fused-ring (bicyclic) bond motifs is 1. The minimum absolute atomic E-state index is 0.00699. The third-order valence-electron chi connectivity index (χ3n) is 7.50. The molecule has 0 aromatic heterocycles.